The predicted molar refractivity (Wildman–Crippen MR) is 70.0 cm³/mol. The van der Waals surface area contributed by atoms with E-state index in [1.807, 2.05) is 7.05 Å². The van der Waals surface area contributed by atoms with E-state index in [1.165, 1.54) is 25.2 Å². The Morgan fingerprint density at radius 3 is 2.50 bits per heavy atom. The average Bonchev–Trinajstić information content (AvgIpc) is 2.38. The first-order valence-electron chi connectivity index (χ1n) is 6.43. The van der Waals surface area contributed by atoms with Gasteiger partial charge in [0.15, 0.2) is 11.5 Å². The minimum Gasteiger partial charge on any atom is -0.382 e. The van der Waals surface area contributed by atoms with Crippen molar-refractivity contribution in [2.45, 2.75) is 38.6 Å². The second-order valence-corrected chi connectivity index (χ2v) is 5.12. The molecule has 1 saturated carbocycles. The van der Waals surface area contributed by atoms with Crippen LogP contribution in [-0.2, 0) is 0 Å². The number of carbonyl (C=O) groups excluding carboxylic acids is 1. The van der Waals surface area contributed by atoms with Crippen LogP contribution in [0.15, 0.2) is 12.4 Å². The monoisotopic (exact) mass is 248 g/mol. The predicted octanol–water partition coefficient (Wildman–Crippen LogP) is 1.71. The molecule has 0 unspecified atom stereocenters. The first-order valence-corrected chi connectivity index (χ1v) is 6.43. The van der Waals surface area contributed by atoms with E-state index in [0.717, 1.165) is 18.8 Å². The Morgan fingerprint density at radius 1 is 1.28 bits per heavy atom. The second-order valence-electron chi connectivity index (χ2n) is 5.12. The lowest BCUT2D eigenvalue weighted by Gasteiger charge is -2.33. The number of anilines is 1. The fourth-order valence-electron chi connectivity index (χ4n) is 2.48. The molecule has 0 aliphatic heterocycles. The Hall–Kier alpha value is -1.65. The van der Waals surface area contributed by atoms with Gasteiger partial charge < -0.3 is 10.6 Å². The van der Waals surface area contributed by atoms with Gasteiger partial charge in [-0.3, -0.25) is 4.79 Å². The topological polar surface area (TPSA) is 72.1 Å². The van der Waals surface area contributed by atoms with E-state index in [4.69, 9.17) is 5.73 Å². The fraction of sp³-hybridized carbons (Fsp3) is 0.615. The van der Waals surface area contributed by atoms with Crippen molar-refractivity contribution in [2.75, 3.05) is 12.8 Å². The van der Waals surface area contributed by atoms with Gasteiger partial charge >= 0.3 is 0 Å². The average molecular weight is 248 g/mol. The molecule has 18 heavy (non-hydrogen) atoms. The third-order valence-corrected chi connectivity index (χ3v) is 3.78. The van der Waals surface area contributed by atoms with Crippen LogP contribution < -0.4 is 5.73 Å². The molecule has 1 aromatic heterocycles. The quantitative estimate of drug-likeness (QED) is 0.864. The zero-order chi connectivity index (χ0) is 13.1. The summed E-state index contributed by atoms with van der Waals surface area (Å²) in [6, 6.07) is 0.301. The molecule has 2 N–H and O–H groups in total. The molecule has 5 nitrogen and oxygen atoms in total. The molecule has 1 aromatic rings. The molecule has 1 aliphatic rings. The number of hydrogen-bond acceptors (Lipinski definition) is 4. The summed E-state index contributed by atoms with van der Waals surface area (Å²) in [7, 11) is 1.83. The molecule has 5 heteroatoms. The molecule has 2 rings (SSSR count). The van der Waals surface area contributed by atoms with Crippen LogP contribution in [0.2, 0.25) is 0 Å². The minimum atomic E-state index is -0.125. The third-order valence-electron chi connectivity index (χ3n) is 3.78. The van der Waals surface area contributed by atoms with Gasteiger partial charge in [0.25, 0.3) is 5.91 Å². The molecule has 0 atom stereocenters. The highest BCUT2D eigenvalue weighted by atomic mass is 16.2. The Kier molecular flexibility index (Phi) is 3.79. The van der Waals surface area contributed by atoms with Gasteiger partial charge in [0.2, 0.25) is 0 Å². The number of aromatic nitrogens is 2. The Bertz CT molecular complexity index is 427. The number of nitrogen functional groups attached to an aromatic ring is 1. The molecule has 1 fully saturated rings. The normalized spacial score (nSPS) is 23.7. The Balaban J connectivity index is 2.07. The van der Waals surface area contributed by atoms with Crippen molar-refractivity contribution < 1.29 is 4.79 Å². The second kappa shape index (κ2) is 5.33. The third kappa shape index (κ3) is 2.60. The highest BCUT2D eigenvalue weighted by Crippen LogP contribution is 2.27. The number of amides is 1. The van der Waals surface area contributed by atoms with Crippen molar-refractivity contribution in [2.24, 2.45) is 5.92 Å². The van der Waals surface area contributed by atoms with Gasteiger partial charge in [-0.2, -0.15) is 0 Å². The zero-order valence-electron chi connectivity index (χ0n) is 11.0. The molecule has 0 saturated heterocycles. The lowest BCUT2D eigenvalue weighted by atomic mass is 9.86. The van der Waals surface area contributed by atoms with Crippen LogP contribution in [0.5, 0.6) is 0 Å². The van der Waals surface area contributed by atoms with Crippen LogP contribution in [0.3, 0.4) is 0 Å². The summed E-state index contributed by atoms with van der Waals surface area (Å²) in [6.45, 7) is 2.26. The molecule has 0 aromatic carbocycles. The number of carbonyl (C=O) groups is 1. The van der Waals surface area contributed by atoms with Gasteiger partial charge in [0.1, 0.15) is 0 Å². The summed E-state index contributed by atoms with van der Waals surface area (Å²) in [5.74, 6) is 0.852. The molecule has 98 valence electrons. The summed E-state index contributed by atoms with van der Waals surface area (Å²) in [5.41, 5.74) is 5.95. The molecule has 0 spiro atoms. The fourth-order valence-corrected chi connectivity index (χ4v) is 2.48. The first kappa shape index (κ1) is 12.8. The minimum absolute atomic E-state index is 0.125. The number of nitrogens with two attached hydrogens (primary N) is 1. The van der Waals surface area contributed by atoms with Crippen molar-refractivity contribution in [3.63, 3.8) is 0 Å². The van der Waals surface area contributed by atoms with E-state index in [9.17, 15) is 4.79 Å². The molecule has 1 heterocycles. The van der Waals surface area contributed by atoms with Crippen LogP contribution in [-0.4, -0.2) is 33.9 Å². The number of hydrogen-bond donors (Lipinski definition) is 1. The molecule has 1 amide bonds. The Labute approximate surface area is 107 Å². The van der Waals surface area contributed by atoms with Crippen molar-refractivity contribution in [3.05, 3.63) is 18.1 Å². The molecule has 0 radical (unpaired) electrons. The standard InChI is InChI=1S/C13H20N4O/c1-9-3-5-10(6-4-9)17(2)13(18)11-12(14)16-8-7-15-11/h7-10H,3-6H2,1-2H3,(H2,14,16). The van der Waals surface area contributed by atoms with Crippen LogP contribution >= 0.6 is 0 Å². The Morgan fingerprint density at radius 2 is 1.89 bits per heavy atom. The summed E-state index contributed by atoms with van der Waals surface area (Å²) in [6.07, 6.45) is 7.47. The number of rotatable bonds is 2. The highest BCUT2D eigenvalue weighted by Gasteiger charge is 2.27. The van der Waals surface area contributed by atoms with Gasteiger partial charge in [0.05, 0.1) is 0 Å². The van der Waals surface area contributed by atoms with Crippen LogP contribution in [0.1, 0.15) is 43.1 Å². The molecule has 0 bridgehead atoms. The van der Waals surface area contributed by atoms with E-state index in [2.05, 4.69) is 16.9 Å². The lowest BCUT2D eigenvalue weighted by Crippen LogP contribution is -2.40. The summed E-state index contributed by atoms with van der Waals surface area (Å²) in [5, 5.41) is 0. The molecule has 1 aliphatic carbocycles. The highest BCUT2D eigenvalue weighted by molar-refractivity contribution is 5.96. The van der Waals surface area contributed by atoms with Crippen molar-refractivity contribution in [3.8, 4) is 0 Å². The van der Waals surface area contributed by atoms with E-state index in [-0.39, 0.29) is 17.4 Å². The molecular weight excluding hydrogens is 228 g/mol. The van der Waals surface area contributed by atoms with Crippen molar-refractivity contribution in [1.82, 2.24) is 14.9 Å². The SMILES string of the molecule is CC1CCC(N(C)C(=O)c2nccnc2N)CC1. The van der Waals surface area contributed by atoms with E-state index in [1.54, 1.807) is 4.90 Å². The number of nitrogens with zero attached hydrogens (tertiary/aromatic N) is 3. The van der Waals surface area contributed by atoms with Crippen LogP contribution in [0.25, 0.3) is 0 Å². The maximum atomic E-state index is 12.3. The lowest BCUT2D eigenvalue weighted by molar-refractivity contribution is 0.0674. The van der Waals surface area contributed by atoms with Gasteiger partial charge in [-0.1, -0.05) is 6.92 Å². The summed E-state index contributed by atoms with van der Waals surface area (Å²) in [4.78, 5) is 22.0. The van der Waals surface area contributed by atoms with E-state index < -0.39 is 0 Å². The summed E-state index contributed by atoms with van der Waals surface area (Å²) < 4.78 is 0. The zero-order valence-corrected chi connectivity index (χ0v) is 11.0. The molecular formula is C13H20N4O. The van der Waals surface area contributed by atoms with Gasteiger partial charge in [-0.15, -0.1) is 0 Å². The van der Waals surface area contributed by atoms with Gasteiger partial charge in [-0.05, 0) is 31.6 Å². The maximum absolute atomic E-state index is 12.3. The van der Waals surface area contributed by atoms with Crippen LogP contribution in [0.4, 0.5) is 5.82 Å². The first-order chi connectivity index (χ1) is 8.59. The van der Waals surface area contributed by atoms with Crippen molar-refractivity contribution in [1.29, 1.82) is 0 Å². The smallest absolute Gasteiger partial charge is 0.276 e. The maximum Gasteiger partial charge on any atom is 0.276 e. The van der Waals surface area contributed by atoms with Gasteiger partial charge in [0, 0.05) is 25.5 Å². The van der Waals surface area contributed by atoms with E-state index in [0.29, 0.717) is 6.04 Å². The van der Waals surface area contributed by atoms with Crippen LogP contribution in [0, 0.1) is 5.92 Å². The van der Waals surface area contributed by atoms with Gasteiger partial charge in [-0.25, -0.2) is 9.97 Å². The van der Waals surface area contributed by atoms with Crippen molar-refractivity contribution >= 4 is 11.7 Å². The summed E-state index contributed by atoms with van der Waals surface area (Å²) >= 11 is 0. The largest absolute Gasteiger partial charge is 0.382 e. The van der Waals surface area contributed by atoms with E-state index >= 15 is 0 Å².